The number of thiol groups is 1. The molecule has 0 unspecified atom stereocenters. The van der Waals surface area contributed by atoms with Crippen molar-refractivity contribution in [3.63, 3.8) is 0 Å². The van der Waals surface area contributed by atoms with Gasteiger partial charge in [0.1, 0.15) is 5.82 Å². The number of likely N-dealkylation sites (N-methyl/N-ethyl adjacent to an activating group) is 1. The van der Waals surface area contributed by atoms with E-state index in [2.05, 4.69) is 61.9 Å². The van der Waals surface area contributed by atoms with E-state index >= 15 is 0 Å². The summed E-state index contributed by atoms with van der Waals surface area (Å²) in [7, 11) is 2.12. The predicted octanol–water partition coefficient (Wildman–Crippen LogP) is 4.76. The second-order valence-electron chi connectivity index (χ2n) is 6.70. The lowest BCUT2D eigenvalue weighted by Gasteiger charge is -2.15. The van der Waals surface area contributed by atoms with Gasteiger partial charge in [-0.25, -0.2) is 9.97 Å². The Hall–Kier alpha value is -2.37. The Bertz CT molecular complexity index is 935. The van der Waals surface area contributed by atoms with Crippen LogP contribution in [0.4, 0.5) is 5.82 Å². The molecule has 0 aliphatic rings. The molecule has 1 heterocycles. The first-order chi connectivity index (χ1) is 13.0. The Kier molecular flexibility index (Phi) is 6.48. The number of benzene rings is 2. The Morgan fingerprint density at radius 1 is 1.07 bits per heavy atom. The third-order valence-corrected chi connectivity index (χ3v) is 4.81. The molecule has 0 radical (unpaired) electrons. The molecule has 27 heavy (non-hydrogen) atoms. The van der Waals surface area contributed by atoms with Gasteiger partial charge in [-0.1, -0.05) is 36.8 Å². The zero-order valence-corrected chi connectivity index (χ0v) is 17.0. The number of aryl methyl sites for hydroxylation is 1. The molecule has 0 amide bonds. The minimum atomic E-state index is 0.702. The zero-order chi connectivity index (χ0) is 19.2. The molecule has 3 aromatic rings. The zero-order valence-electron chi connectivity index (χ0n) is 16.1. The van der Waals surface area contributed by atoms with Crippen molar-refractivity contribution < 1.29 is 0 Å². The molecule has 4 nitrogen and oxygen atoms in total. The fraction of sp³-hybridized carbons (Fsp3) is 0.273. The lowest BCUT2D eigenvalue weighted by molar-refractivity contribution is 0.367. The summed E-state index contributed by atoms with van der Waals surface area (Å²) in [4.78, 5) is 12.7. The van der Waals surface area contributed by atoms with E-state index in [0.29, 0.717) is 5.82 Å². The molecule has 0 saturated heterocycles. The first kappa shape index (κ1) is 19.4. The summed E-state index contributed by atoms with van der Waals surface area (Å²) in [5.74, 6) is 1.59. The Morgan fingerprint density at radius 2 is 1.85 bits per heavy atom. The fourth-order valence-electron chi connectivity index (χ4n) is 2.75. The first-order valence-corrected chi connectivity index (χ1v) is 9.68. The van der Waals surface area contributed by atoms with Gasteiger partial charge in [0.2, 0.25) is 0 Å². The van der Waals surface area contributed by atoms with E-state index in [9.17, 15) is 0 Å². The van der Waals surface area contributed by atoms with Gasteiger partial charge in [0.15, 0.2) is 5.82 Å². The van der Waals surface area contributed by atoms with Crippen molar-refractivity contribution in [2.24, 2.45) is 0 Å². The lowest BCUT2D eigenvalue weighted by Crippen LogP contribution is -2.25. The van der Waals surface area contributed by atoms with Gasteiger partial charge in [-0.15, -0.1) is 12.6 Å². The monoisotopic (exact) mass is 378 g/mol. The topological polar surface area (TPSA) is 41.0 Å². The van der Waals surface area contributed by atoms with Crippen LogP contribution in [-0.2, 0) is 0 Å². The average Bonchev–Trinajstić information content (AvgIpc) is 2.67. The molecule has 140 valence electrons. The molecular formula is C22H26N4S. The first-order valence-electron chi connectivity index (χ1n) is 9.23. The summed E-state index contributed by atoms with van der Waals surface area (Å²) in [6.45, 7) is 7.09. The summed E-state index contributed by atoms with van der Waals surface area (Å²) >= 11 is 4.33. The maximum atomic E-state index is 4.75. The molecule has 5 heteroatoms. The molecule has 0 aliphatic carbocycles. The van der Waals surface area contributed by atoms with Gasteiger partial charge in [-0.3, -0.25) is 0 Å². The van der Waals surface area contributed by atoms with Crippen molar-refractivity contribution in [2.75, 3.05) is 32.0 Å². The number of fused-ring (bicyclic) bond motifs is 1. The van der Waals surface area contributed by atoms with Crippen LogP contribution in [-0.4, -0.2) is 41.5 Å². The number of rotatable bonds is 7. The average molecular weight is 379 g/mol. The third-order valence-electron chi connectivity index (χ3n) is 4.51. The van der Waals surface area contributed by atoms with Crippen molar-refractivity contribution in [1.29, 1.82) is 0 Å². The largest absolute Gasteiger partial charge is 0.368 e. The van der Waals surface area contributed by atoms with Gasteiger partial charge in [0.25, 0.3) is 0 Å². The summed E-state index contributed by atoms with van der Waals surface area (Å²) < 4.78 is 0. The smallest absolute Gasteiger partial charge is 0.154 e. The highest BCUT2D eigenvalue weighted by atomic mass is 32.1. The van der Waals surface area contributed by atoms with E-state index in [1.54, 1.807) is 0 Å². The second kappa shape index (κ2) is 9.02. The Labute approximate surface area is 166 Å². The van der Waals surface area contributed by atoms with E-state index in [1.165, 1.54) is 5.56 Å². The van der Waals surface area contributed by atoms with Gasteiger partial charge in [0.05, 0.1) is 5.52 Å². The number of anilines is 1. The number of nitrogens with zero attached hydrogens (tertiary/aromatic N) is 3. The van der Waals surface area contributed by atoms with Crippen molar-refractivity contribution in [3.8, 4) is 0 Å². The fourth-order valence-corrected chi connectivity index (χ4v) is 2.90. The second-order valence-corrected chi connectivity index (χ2v) is 7.21. The van der Waals surface area contributed by atoms with Gasteiger partial charge in [-0.2, -0.15) is 0 Å². The van der Waals surface area contributed by atoms with Gasteiger partial charge in [0, 0.05) is 23.4 Å². The maximum absolute atomic E-state index is 4.75. The van der Waals surface area contributed by atoms with Crippen molar-refractivity contribution in [3.05, 3.63) is 59.4 Å². The summed E-state index contributed by atoms with van der Waals surface area (Å²) in [6, 6.07) is 14.3. The highest BCUT2D eigenvalue weighted by Gasteiger charge is 2.07. The normalized spacial score (nSPS) is 11.6. The van der Waals surface area contributed by atoms with Gasteiger partial charge >= 0.3 is 0 Å². The summed E-state index contributed by atoms with van der Waals surface area (Å²) in [5, 5.41) is 4.55. The molecule has 0 bridgehead atoms. The quantitative estimate of drug-likeness (QED) is 0.582. The van der Waals surface area contributed by atoms with E-state index in [4.69, 9.17) is 9.97 Å². The van der Waals surface area contributed by atoms with Crippen LogP contribution in [0.1, 0.15) is 23.9 Å². The highest BCUT2D eigenvalue weighted by Crippen LogP contribution is 2.22. The Balaban J connectivity index is 1.89. The van der Waals surface area contributed by atoms with Crippen molar-refractivity contribution in [1.82, 2.24) is 14.9 Å². The molecule has 0 atom stereocenters. The molecule has 0 aliphatic heterocycles. The van der Waals surface area contributed by atoms with Crippen LogP contribution in [0.15, 0.2) is 47.4 Å². The Morgan fingerprint density at radius 3 is 2.59 bits per heavy atom. The molecule has 0 spiro atoms. The SMILES string of the molecule is CCN(C)CCNc1nc(/C=C/c2ccc(S)cc2)nc2ccc(C)cc12. The van der Waals surface area contributed by atoms with Crippen LogP contribution in [0.2, 0.25) is 0 Å². The number of nitrogens with one attached hydrogen (secondary N) is 1. The standard InChI is InChI=1S/C22H26N4S/c1-4-26(3)14-13-23-22-19-15-16(2)5-11-20(19)24-21(25-22)12-8-17-6-9-18(27)10-7-17/h5-12,15,27H,4,13-14H2,1-3H3,(H,23,24,25)/b12-8+. The molecule has 0 saturated carbocycles. The molecule has 2 aromatic carbocycles. The molecular weight excluding hydrogens is 352 g/mol. The number of hydrogen-bond donors (Lipinski definition) is 2. The minimum absolute atomic E-state index is 0.702. The molecule has 0 fully saturated rings. The van der Waals surface area contributed by atoms with E-state index in [0.717, 1.165) is 46.8 Å². The van der Waals surface area contributed by atoms with Crippen LogP contribution in [0.3, 0.4) is 0 Å². The maximum Gasteiger partial charge on any atom is 0.154 e. The van der Waals surface area contributed by atoms with E-state index < -0.39 is 0 Å². The summed E-state index contributed by atoms with van der Waals surface area (Å²) in [5.41, 5.74) is 3.25. The predicted molar refractivity (Wildman–Crippen MR) is 119 cm³/mol. The van der Waals surface area contributed by atoms with Crippen molar-refractivity contribution >= 4 is 41.5 Å². The molecule has 1 N–H and O–H groups in total. The number of aromatic nitrogens is 2. The minimum Gasteiger partial charge on any atom is -0.368 e. The van der Waals surface area contributed by atoms with Crippen LogP contribution >= 0.6 is 12.6 Å². The lowest BCUT2D eigenvalue weighted by atomic mass is 10.1. The van der Waals surface area contributed by atoms with E-state index in [-0.39, 0.29) is 0 Å². The van der Waals surface area contributed by atoms with Crippen LogP contribution in [0, 0.1) is 6.92 Å². The van der Waals surface area contributed by atoms with Crippen molar-refractivity contribution in [2.45, 2.75) is 18.7 Å². The molecule has 3 rings (SSSR count). The van der Waals surface area contributed by atoms with Crippen LogP contribution in [0.5, 0.6) is 0 Å². The van der Waals surface area contributed by atoms with Gasteiger partial charge < -0.3 is 10.2 Å². The number of hydrogen-bond acceptors (Lipinski definition) is 5. The van der Waals surface area contributed by atoms with Crippen LogP contribution in [0.25, 0.3) is 23.1 Å². The van der Waals surface area contributed by atoms with Gasteiger partial charge in [-0.05, 0) is 56.4 Å². The highest BCUT2D eigenvalue weighted by molar-refractivity contribution is 7.80. The molecule has 1 aromatic heterocycles. The van der Waals surface area contributed by atoms with E-state index in [1.807, 2.05) is 36.4 Å². The summed E-state index contributed by atoms with van der Waals surface area (Å²) in [6.07, 6.45) is 3.98. The third kappa shape index (κ3) is 5.31. The van der Waals surface area contributed by atoms with Crippen LogP contribution < -0.4 is 5.32 Å².